The predicted octanol–water partition coefficient (Wildman–Crippen LogP) is 3.23. The van der Waals surface area contributed by atoms with Crippen LogP contribution in [0, 0.1) is 5.41 Å². The molecule has 92 valence electrons. The Morgan fingerprint density at radius 2 is 2.06 bits per heavy atom. The number of halogens is 2. The van der Waals surface area contributed by atoms with Gasteiger partial charge in [0.1, 0.15) is 5.78 Å². The summed E-state index contributed by atoms with van der Waals surface area (Å²) in [5.74, 6) is 0.204. The average molecular weight is 272 g/mol. The molecule has 1 aliphatic carbocycles. The summed E-state index contributed by atoms with van der Waals surface area (Å²) in [5.41, 5.74) is 6.26. The molecular formula is C13H15Cl2NO. The second-order valence-corrected chi connectivity index (χ2v) is 5.52. The van der Waals surface area contributed by atoms with Gasteiger partial charge in [0.05, 0.1) is 0 Å². The Balaban J connectivity index is 2.13. The van der Waals surface area contributed by atoms with Gasteiger partial charge in [-0.15, -0.1) is 0 Å². The molecule has 0 amide bonds. The molecule has 4 heteroatoms. The van der Waals surface area contributed by atoms with E-state index < -0.39 is 0 Å². The SMILES string of the molecule is NCC1(C(=O)Cc2ccc(Cl)cc2Cl)CCC1. The maximum absolute atomic E-state index is 12.2. The first kappa shape index (κ1) is 12.9. The topological polar surface area (TPSA) is 43.1 Å². The van der Waals surface area contributed by atoms with E-state index in [1.807, 2.05) is 6.07 Å². The average Bonchev–Trinajstić information content (AvgIpc) is 2.21. The summed E-state index contributed by atoms with van der Waals surface area (Å²) in [6, 6.07) is 5.24. The first-order valence-corrected chi connectivity index (χ1v) is 6.50. The van der Waals surface area contributed by atoms with Crippen molar-refractivity contribution in [2.75, 3.05) is 6.54 Å². The van der Waals surface area contributed by atoms with Crippen molar-refractivity contribution in [3.8, 4) is 0 Å². The minimum absolute atomic E-state index is 0.204. The van der Waals surface area contributed by atoms with E-state index in [1.54, 1.807) is 12.1 Å². The first-order valence-electron chi connectivity index (χ1n) is 5.75. The van der Waals surface area contributed by atoms with Gasteiger partial charge in [-0.3, -0.25) is 4.79 Å². The van der Waals surface area contributed by atoms with E-state index in [4.69, 9.17) is 28.9 Å². The smallest absolute Gasteiger partial charge is 0.144 e. The van der Waals surface area contributed by atoms with E-state index in [-0.39, 0.29) is 11.2 Å². The van der Waals surface area contributed by atoms with Crippen molar-refractivity contribution in [3.63, 3.8) is 0 Å². The monoisotopic (exact) mass is 271 g/mol. The van der Waals surface area contributed by atoms with Crippen LogP contribution in [0.4, 0.5) is 0 Å². The van der Waals surface area contributed by atoms with Crippen molar-refractivity contribution >= 4 is 29.0 Å². The Hall–Kier alpha value is -0.570. The molecule has 1 aromatic carbocycles. The first-order chi connectivity index (χ1) is 8.07. The van der Waals surface area contributed by atoms with Gasteiger partial charge >= 0.3 is 0 Å². The summed E-state index contributed by atoms with van der Waals surface area (Å²) in [6.45, 7) is 0.442. The number of Topliss-reactive ketones (excluding diaryl/α,β-unsaturated/α-hetero) is 1. The third kappa shape index (κ3) is 2.49. The molecule has 1 fully saturated rings. The van der Waals surface area contributed by atoms with Crippen molar-refractivity contribution < 1.29 is 4.79 Å². The van der Waals surface area contributed by atoms with Gasteiger partial charge in [-0.05, 0) is 30.5 Å². The number of rotatable bonds is 4. The van der Waals surface area contributed by atoms with Crippen molar-refractivity contribution in [2.24, 2.45) is 11.1 Å². The molecule has 1 aromatic rings. The minimum Gasteiger partial charge on any atom is -0.329 e. The largest absolute Gasteiger partial charge is 0.329 e. The molecule has 0 aromatic heterocycles. The van der Waals surface area contributed by atoms with Crippen LogP contribution in [0.3, 0.4) is 0 Å². The molecule has 0 radical (unpaired) electrons. The third-order valence-electron chi connectivity index (χ3n) is 3.66. The number of hydrogen-bond acceptors (Lipinski definition) is 2. The highest BCUT2D eigenvalue weighted by Gasteiger charge is 2.42. The number of ketones is 1. The highest BCUT2D eigenvalue weighted by Crippen LogP contribution is 2.41. The van der Waals surface area contributed by atoms with Gasteiger partial charge in [-0.25, -0.2) is 0 Å². The van der Waals surface area contributed by atoms with Crippen LogP contribution in [0.15, 0.2) is 18.2 Å². The van der Waals surface area contributed by atoms with Crippen LogP contribution in [-0.4, -0.2) is 12.3 Å². The van der Waals surface area contributed by atoms with Crippen molar-refractivity contribution in [2.45, 2.75) is 25.7 Å². The number of benzene rings is 1. The Morgan fingerprint density at radius 3 is 2.53 bits per heavy atom. The standard InChI is InChI=1S/C13H15Cl2NO/c14-10-3-2-9(11(15)7-10)6-12(17)13(8-16)4-1-5-13/h2-3,7H,1,4-6,8,16H2. The zero-order valence-electron chi connectivity index (χ0n) is 9.51. The number of hydrogen-bond donors (Lipinski definition) is 1. The molecule has 1 saturated carbocycles. The lowest BCUT2D eigenvalue weighted by Gasteiger charge is -2.39. The lowest BCUT2D eigenvalue weighted by atomic mass is 9.65. The molecule has 2 N–H and O–H groups in total. The Labute approximate surface area is 111 Å². The van der Waals surface area contributed by atoms with Crippen LogP contribution in [0.1, 0.15) is 24.8 Å². The van der Waals surface area contributed by atoms with Crippen LogP contribution >= 0.6 is 23.2 Å². The number of carbonyl (C=O) groups excluding carboxylic acids is 1. The molecule has 0 bridgehead atoms. The van der Waals surface area contributed by atoms with Crippen LogP contribution in [0.2, 0.25) is 10.0 Å². The van der Waals surface area contributed by atoms with Gasteiger partial charge in [0.15, 0.2) is 0 Å². The fourth-order valence-electron chi connectivity index (χ4n) is 2.23. The molecule has 0 aliphatic heterocycles. The summed E-state index contributed by atoms with van der Waals surface area (Å²) in [5, 5.41) is 1.14. The maximum Gasteiger partial charge on any atom is 0.144 e. The fourth-order valence-corrected chi connectivity index (χ4v) is 2.70. The molecule has 1 aliphatic rings. The summed E-state index contributed by atoms with van der Waals surface area (Å²) in [6.07, 6.45) is 3.27. The van der Waals surface area contributed by atoms with E-state index in [0.29, 0.717) is 23.0 Å². The minimum atomic E-state index is -0.289. The lowest BCUT2D eigenvalue weighted by Crippen LogP contribution is -2.45. The zero-order chi connectivity index (χ0) is 12.5. The quantitative estimate of drug-likeness (QED) is 0.914. The van der Waals surface area contributed by atoms with E-state index >= 15 is 0 Å². The van der Waals surface area contributed by atoms with Crippen molar-refractivity contribution in [1.29, 1.82) is 0 Å². The maximum atomic E-state index is 12.2. The van der Waals surface area contributed by atoms with E-state index in [0.717, 1.165) is 24.8 Å². The molecule has 0 spiro atoms. The second-order valence-electron chi connectivity index (χ2n) is 4.67. The molecule has 0 unspecified atom stereocenters. The zero-order valence-corrected chi connectivity index (χ0v) is 11.0. The van der Waals surface area contributed by atoms with E-state index in [2.05, 4.69) is 0 Å². The van der Waals surface area contributed by atoms with Crippen molar-refractivity contribution in [3.05, 3.63) is 33.8 Å². The highest BCUT2D eigenvalue weighted by molar-refractivity contribution is 6.35. The summed E-state index contributed by atoms with van der Waals surface area (Å²) in [7, 11) is 0. The van der Waals surface area contributed by atoms with Crippen LogP contribution in [0.5, 0.6) is 0 Å². The summed E-state index contributed by atoms with van der Waals surface area (Å²) in [4.78, 5) is 12.2. The van der Waals surface area contributed by atoms with Gasteiger partial charge in [0, 0.05) is 28.4 Å². The molecule has 0 saturated heterocycles. The van der Waals surface area contributed by atoms with Gasteiger partial charge in [-0.2, -0.15) is 0 Å². The molecule has 17 heavy (non-hydrogen) atoms. The van der Waals surface area contributed by atoms with Gasteiger partial charge < -0.3 is 5.73 Å². The Bertz CT molecular complexity index is 436. The highest BCUT2D eigenvalue weighted by atomic mass is 35.5. The fraction of sp³-hybridized carbons (Fsp3) is 0.462. The van der Waals surface area contributed by atoms with Crippen molar-refractivity contribution in [1.82, 2.24) is 0 Å². The van der Waals surface area contributed by atoms with E-state index in [9.17, 15) is 4.79 Å². The Kier molecular flexibility index (Phi) is 3.76. The Morgan fingerprint density at radius 1 is 1.35 bits per heavy atom. The molecular weight excluding hydrogens is 257 g/mol. The van der Waals surface area contributed by atoms with E-state index in [1.165, 1.54) is 0 Å². The third-order valence-corrected chi connectivity index (χ3v) is 4.25. The number of carbonyl (C=O) groups is 1. The summed E-state index contributed by atoms with van der Waals surface area (Å²) >= 11 is 11.9. The van der Waals surface area contributed by atoms with Crippen LogP contribution in [-0.2, 0) is 11.2 Å². The molecule has 2 nitrogen and oxygen atoms in total. The van der Waals surface area contributed by atoms with Gasteiger partial charge in [0.2, 0.25) is 0 Å². The van der Waals surface area contributed by atoms with Crippen LogP contribution < -0.4 is 5.73 Å². The lowest BCUT2D eigenvalue weighted by molar-refractivity contribution is -0.132. The molecule has 0 atom stereocenters. The van der Waals surface area contributed by atoms with Gasteiger partial charge in [0.25, 0.3) is 0 Å². The molecule has 2 rings (SSSR count). The normalized spacial score (nSPS) is 17.6. The van der Waals surface area contributed by atoms with Gasteiger partial charge in [-0.1, -0.05) is 35.7 Å². The summed E-state index contributed by atoms with van der Waals surface area (Å²) < 4.78 is 0. The second kappa shape index (κ2) is 4.97. The molecule has 0 heterocycles. The number of nitrogens with two attached hydrogens (primary N) is 1. The predicted molar refractivity (Wildman–Crippen MR) is 70.5 cm³/mol. The van der Waals surface area contributed by atoms with Crippen LogP contribution in [0.25, 0.3) is 0 Å².